The number of hydrogen-bond acceptors (Lipinski definition) is 3. The van der Waals surface area contributed by atoms with Crippen molar-refractivity contribution in [2.24, 2.45) is 5.41 Å². The number of carboxylic acids is 1. The molecule has 0 bridgehead atoms. The maximum Gasteiger partial charge on any atom is 0.337 e. The van der Waals surface area contributed by atoms with Crippen molar-refractivity contribution in [2.75, 3.05) is 17.6 Å². The lowest BCUT2D eigenvalue weighted by Crippen LogP contribution is -2.16. The molecule has 0 heterocycles. The maximum atomic E-state index is 11.1. The normalized spacial score (nSPS) is 16.5. The summed E-state index contributed by atoms with van der Waals surface area (Å²) < 4.78 is 0. The average molecular weight is 234 g/mol. The Hall–Kier alpha value is -1.71. The van der Waals surface area contributed by atoms with E-state index in [1.807, 2.05) is 0 Å². The zero-order valence-electron chi connectivity index (χ0n) is 9.99. The minimum atomic E-state index is -0.922. The largest absolute Gasteiger partial charge is 0.478 e. The van der Waals surface area contributed by atoms with Crippen LogP contribution in [0.1, 0.15) is 36.5 Å². The highest BCUT2D eigenvalue weighted by Crippen LogP contribution is 2.48. The zero-order chi connectivity index (χ0) is 12.5. The Morgan fingerprint density at radius 2 is 2.24 bits per heavy atom. The van der Waals surface area contributed by atoms with Crippen molar-refractivity contribution < 1.29 is 9.90 Å². The van der Waals surface area contributed by atoms with Gasteiger partial charge in [-0.3, -0.25) is 0 Å². The SMILES string of the molecule is CCC1(CNc2cc(N)ccc2C(=O)O)CC1. The van der Waals surface area contributed by atoms with Crippen molar-refractivity contribution in [1.29, 1.82) is 0 Å². The Bertz CT molecular complexity index is 439. The van der Waals surface area contributed by atoms with Crippen molar-refractivity contribution >= 4 is 17.3 Å². The van der Waals surface area contributed by atoms with Crippen LogP contribution < -0.4 is 11.1 Å². The molecule has 0 spiro atoms. The second-order valence-corrected chi connectivity index (χ2v) is 4.82. The first-order valence-corrected chi connectivity index (χ1v) is 5.93. The van der Waals surface area contributed by atoms with Gasteiger partial charge in [0.05, 0.1) is 11.3 Å². The van der Waals surface area contributed by atoms with Gasteiger partial charge in [-0.2, -0.15) is 0 Å². The van der Waals surface area contributed by atoms with E-state index in [1.165, 1.54) is 12.8 Å². The standard InChI is InChI=1S/C13H18N2O2/c1-2-13(5-6-13)8-15-11-7-9(14)3-4-10(11)12(16)17/h3-4,7,15H,2,5-6,8,14H2,1H3,(H,16,17). The molecule has 1 saturated carbocycles. The summed E-state index contributed by atoms with van der Waals surface area (Å²) in [4.78, 5) is 11.1. The van der Waals surface area contributed by atoms with Crippen molar-refractivity contribution in [3.05, 3.63) is 23.8 Å². The quantitative estimate of drug-likeness (QED) is 0.684. The molecule has 0 aromatic heterocycles. The number of aromatic carboxylic acids is 1. The third-order valence-corrected chi connectivity index (χ3v) is 3.63. The van der Waals surface area contributed by atoms with E-state index in [-0.39, 0.29) is 5.56 Å². The maximum absolute atomic E-state index is 11.1. The molecule has 0 atom stereocenters. The van der Waals surface area contributed by atoms with Gasteiger partial charge in [-0.15, -0.1) is 0 Å². The van der Waals surface area contributed by atoms with Crippen LogP contribution in [0.2, 0.25) is 0 Å². The molecule has 4 nitrogen and oxygen atoms in total. The molecule has 0 aliphatic heterocycles. The van der Waals surface area contributed by atoms with E-state index in [2.05, 4.69) is 12.2 Å². The Balaban J connectivity index is 2.13. The second-order valence-electron chi connectivity index (χ2n) is 4.82. The number of carboxylic acid groups (broad SMARTS) is 1. The Kier molecular flexibility index (Phi) is 2.96. The number of nitrogen functional groups attached to an aromatic ring is 1. The van der Waals surface area contributed by atoms with Crippen molar-refractivity contribution in [3.63, 3.8) is 0 Å². The molecule has 1 fully saturated rings. The molecule has 17 heavy (non-hydrogen) atoms. The van der Waals surface area contributed by atoms with Crippen molar-refractivity contribution in [3.8, 4) is 0 Å². The van der Waals surface area contributed by atoms with Crippen molar-refractivity contribution in [1.82, 2.24) is 0 Å². The summed E-state index contributed by atoms with van der Waals surface area (Å²) >= 11 is 0. The first kappa shape index (κ1) is 11.8. The van der Waals surface area contributed by atoms with E-state index in [9.17, 15) is 4.79 Å². The lowest BCUT2D eigenvalue weighted by molar-refractivity contribution is 0.0698. The van der Waals surface area contributed by atoms with Crippen LogP contribution in [-0.4, -0.2) is 17.6 Å². The molecule has 0 amide bonds. The van der Waals surface area contributed by atoms with Gasteiger partial charge in [0.25, 0.3) is 0 Å². The van der Waals surface area contributed by atoms with Gasteiger partial charge in [0.2, 0.25) is 0 Å². The molecule has 92 valence electrons. The first-order valence-electron chi connectivity index (χ1n) is 5.93. The molecule has 1 aromatic rings. The number of hydrogen-bond donors (Lipinski definition) is 3. The van der Waals surface area contributed by atoms with Gasteiger partial charge in [0.1, 0.15) is 0 Å². The van der Waals surface area contributed by atoms with E-state index < -0.39 is 5.97 Å². The summed E-state index contributed by atoms with van der Waals surface area (Å²) in [7, 11) is 0. The zero-order valence-corrected chi connectivity index (χ0v) is 9.99. The number of carbonyl (C=O) groups is 1. The fourth-order valence-corrected chi connectivity index (χ4v) is 2.01. The van der Waals surface area contributed by atoms with E-state index in [0.717, 1.165) is 13.0 Å². The highest BCUT2D eigenvalue weighted by atomic mass is 16.4. The van der Waals surface area contributed by atoms with E-state index in [1.54, 1.807) is 18.2 Å². The van der Waals surface area contributed by atoms with Crippen LogP contribution in [0, 0.1) is 5.41 Å². The molecular formula is C13H18N2O2. The fraction of sp³-hybridized carbons (Fsp3) is 0.462. The molecule has 0 unspecified atom stereocenters. The van der Waals surface area contributed by atoms with E-state index in [4.69, 9.17) is 10.8 Å². The number of nitrogens with two attached hydrogens (primary N) is 1. The molecule has 0 radical (unpaired) electrons. The van der Waals surface area contributed by atoms with Gasteiger partial charge in [-0.25, -0.2) is 4.79 Å². The molecule has 0 saturated heterocycles. The van der Waals surface area contributed by atoms with Crippen LogP contribution in [0.25, 0.3) is 0 Å². The first-order chi connectivity index (χ1) is 8.06. The number of nitrogens with one attached hydrogen (secondary N) is 1. The molecule has 4 heteroatoms. The van der Waals surface area contributed by atoms with Crippen LogP contribution in [0.4, 0.5) is 11.4 Å². The van der Waals surface area contributed by atoms with Crippen LogP contribution in [-0.2, 0) is 0 Å². The Morgan fingerprint density at radius 3 is 2.76 bits per heavy atom. The highest BCUT2D eigenvalue weighted by Gasteiger charge is 2.40. The van der Waals surface area contributed by atoms with Crippen LogP contribution in [0.5, 0.6) is 0 Å². The predicted molar refractivity (Wildman–Crippen MR) is 68.3 cm³/mol. The Morgan fingerprint density at radius 1 is 1.53 bits per heavy atom. The highest BCUT2D eigenvalue weighted by molar-refractivity contribution is 5.95. The summed E-state index contributed by atoms with van der Waals surface area (Å²) in [5.41, 5.74) is 7.55. The number of rotatable bonds is 5. The van der Waals surface area contributed by atoms with Gasteiger partial charge < -0.3 is 16.2 Å². The molecule has 1 aliphatic carbocycles. The number of benzene rings is 1. The molecular weight excluding hydrogens is 216 g/mol. The van der Waals surface area contributed by atoms with E-state index in [0.29, 0.717) is 16.8 Å². The summed E-state index contributed by atoms with van der Waals surface area (Å²) in [5.74, 6) is -0.922. The van der Waals surface area contributed by atoms with Crippen LogP contribution >= 0.6 is 0 Å². The summed E-state index contributed by atoms with van der Waals surface area (Å²) in [6.07, 6.45) is 3.58. The van der Waals surface area contributed by atoms with Gasteiger partial charge in [-0.1, -0.05) is 6.92 Å². The molecule has 1 aromatic carbocycles. The fourth-order valence-electron chi connectivity index (χ4n) is 2.01. The van der Waals surface area contributed by atoms with Gasteiger partial charge in [0, 0.05) is 12.2 Å². The molecule has 1 aliphatic rings. The molecule has 2 rings (SSSR count). The van der Waals surface area contributed by atoms with Crippen LogP contribution in [0.3, 0.4) is 0 Å². The average Bonchev–Trinajstić information content (AvgIpc) is 3.07. The third kappa shape index (κ3) is 2.52. The number of anilines is 2. The Labute approximate surface area is 101 Å². The van der Waals surface area contributed by atoms with Crippen LogP contribution in [0.15, 0.2) is 18.2 Å². The topological polar surface area (TPSA) is 75.3 Å². The van der Waals surface area contributed by atoms with Gasteiger partial charge in [-0.05, 0) is 42.9 Å². The second kappa shape index (κ2) is 4.28. The minimum absolute atomic E-state index is 0.283. The van der Waals surface area contributed by atoms with Crippen molar-refractivity contribution in [2.45, 2.75) is 26.2 Å². The van der Waals surface area contributed by atoms with Gasteiger partial charge >= 0.3 is 5.97 Å². The smallest absolute Gasteiger partial charge is 0.337 e. The molecule has 4 N–H and O–H groups in total. The third-order valence-electron chi connectivity index (χ3n) is 3.63. The van der Waals surface area contributed by atoms with Gasteiger partial charge in [0.15, 0.2) is 0 Å². The summed E-state index contributed by atoms with van der Waals surface area (Å²) in [6, 6.07) is 4.85. The van der Waals surface area contributed by atoms with E-state index >= 15 is 0 Å². The summed E-state index contributed by atoms with van der Waals surface area (Å²) in [6.45, 7) is 3.00. The minimum Gasteiger partial charge on any atom is -0.478 e. The monoisotopic (exact) mass is 234 g/mol. The summed E-state index contributed by atoms with van der Waals surface area (Å²) in [5, 5.41) is 12.3. The lowest BCUT2D eigenvalue weighted by atomic mass is 10.0. The predicted octanol–water partition coefficient (Wildman–Crippen LogP) is 2.57. The lowest BCUT2D eigenvalue weighted by Gasteiger charge is -2.16.